The van der Waals surface area contributed by atoms with Crippen LogP contribution in [0.25, 0.3) is 0 Å². The van der Waals surface area contributed by atoms with Gasteiger partial charge in [-0.1, -0.05) is 42.2 Å². The summed E-state index contributed by atoms with van der Waals surface area (Å²) in [6.07, 6.45) is -0.176. The second kappa shape index (κ2) is 7.11. The third-order valence-electron chi connectivity index (χ3n) is 3.95. The Morgan fingerprint density at radius 1 is 1.04 bits per heavy atom. The Labute approximate surface area is 151 Å². The van der Waals surface area contributed by atoms with Gasteiger partial charge in [-0.3, -0.25) is 14.9 Å². The molecule has 0 aromatic heterocycles. The zero-order chi connectivity index (χ0) is 18.6. The molecule has 6 heteroatoms. The molecule has 4 amide bonds. The monoisotopic (exact) mass is 347 g/mol. The standard InChI is InChI=1S/C20H17N3O3/c1-20(18(25)22-19(26)23-20)13-17(24)21-16-10-6-5-9-15(16)12-11-14-7-3-2-4-8-14/h2-10H,13H2,1H3,(H,21,24)(H2,22,23,25,26). The van der Waals surface area contributed by atoms with Gasteiger partial charge in [0.25, 0.3) is 5.91 Å². The fraction of sp³-hybridized carbons (Fsp3) is 0.150. The molecule has 3 rings (SSSR count). The quantitative estimate of drug-likeness (QED) is 0.586. The predicted molar refractivity (Wildman–Crippen MR) is 97.2 cm³/mol. The van der Waals surface area contributed by atoms with Gasteiger partial charge in [0.2, 0.25) is 5.91 Å². The van der Waals surface area contributed by atoms with E-state index in [1.54, 1.807) is 18.2 Å². The van der Waals surface area contributed by atoms with E-state index in [4.69, 9.17) is 0 Å². The van der Waals surface area contributed by atoms with Crippen LogP contribution in [0.3, 0.4) is 0 Å². The summed E-state index contributed by atoms with van der Waals surface area (Å²) >= 11 is 0. The first-order valence-corrected chi connectivity index (χ1v) is 8.06. The minimum atomic E-state index is -1.26. The van der Waals surface area contributed by atoms with Crippen LogP contribution in [0.1, 0.15) is 24.5 Å². The molecule has 1 saturated heterocycles. The maximum atomic E-state index is 12.4. The van der Waals surface area contributed by atoms with Gasteiger partial charge in [0.1, 0.15) is 5.54 Å². The van der Waals surface area contributed by atoms with Crippen molar-refractivity contribution in [1.29, 1.82) is 0 Å². The number of imide groups is 1. The van der Waals surface area contributed by atoms with E-state index in [2.05, 4.69) is 27.8 Å². The molecule has 1 unspecified atom stereocenters. The highest BCUT2D eigenvalue weighted by Crippen LogP contribution is 2.18. The summed E-state index contributed by atoms with van der Waals surface area (Å²) in [5.74, 6) is 5.18. The van der Waals surface area contributed by atoms with Crippen LogP contribution in [0.2, 0.25) is 0 Å². The third kappa shape index (κ3) is 3.90. The van der Waals surface area contributed by atoms with Gasteiger partial charge in [-0.15, -0.1) is 0 Å². The van der Waals surface area contributed by atoms with E-state index in [0.29, 0.717) is 11.3 Å². The lowest BCUT2D eigenvalue weighted by Gasteiger charge is -2.19. The normalized spacial score (nSPS) is 18.3. The highest BCUT2D eigenvalue weighted by atomic mass is 16.2. The number of rotatable bonds is 3. The van der Waals surface area contributed by atoms with E-state index in [1.807, 2.05) is 36.4 Å². The molecule has 0 bridgehead atoms. The smallest absolute Gasteiger partial charge is 0.322 e. The van der Waals surface area contributed by atoms with Gasteiger partial charge in [0.05, 0.1) is 12.1 Å². The van der Waals surface area contributed by atoms with Crippen molar-refractivity contribution >= 4 is 23.5 Å². The maximum Gasteiger partial charge on any atom is 0.322 e. The predicted octanol–water partition coefficient (Wildman–Crippen LogP) is 2.01. The Hall–Kier alpha value is -3.59. The third-order valence-corrected chi connectivity index (χ3v) is 3.95. The Bertz CT molecular complexity index is 928. The number of urea groups is 1. The Morgan fingerprint density at radius 2 is 1.73 bits per heavy atom. The van der Waals surface area contributed by atoms with E-state index < -0.39 is 17.5 Å². The number of hydrogen-bond acceptors (Lipinski definition) is 3. The van der Waals surface area contributed by atoms with Gasteiger partial charge < -0.3 is 10.6 Å². The molecule has 3 N–H and O–H groups in total. The van der Waals surface area contributed by atoms with Gasteiger partial charge >= 0.3 is 6.03 Å². The van der Waals surface area contributed by atoms with Crippen LogP contribution in [0, 0.1) is 11.8 Å². The first-order valence-electron chi connectivity index (χ1n) is 8.06. The number of nitrogens with one attached hydrogen (secondary N) is 3. The molecule has 1 aliphatic heterocycles. The molecule has 0 spiro atoms. The molecular formula is C20H17N3O3. The van der Waals surface area contributed by atoms with Gasteiger partial charge in [-0.2, -0.15) is 0 Å². The van der Waals surface area contributed by atoms with Crippen LogP contribution >= 0.6 is 0 Å². The molecule has 1 heterocycles. The number of benzene rings is 2. The van der Waals surface area contributed by atoms with Crippen molar-refractivity contribution in [2.24, 2.45) is 0 Å². The Morgan fingerprint density at radius 3 is 2.42 bits per heavy atom. The first-order chi connectivity index (χ1) is 12.5. The summed E-state index contributed by atoms with van der Waals surface area (Å²) in [5.41, 5.74) is 0.821. The highest BCUT2D eigenvalue weighted by molar-refractivity contribution is 6.09. The zero-order valence-electron chi connectivity index (χ0n) is 14.1. The van der Waals surface area contributed by atoms with Crippen LogP contribution in [0.4, 0.5) is 10.5 Å². The number of para-hydroxylation sites is 1. The minimum Gasteiger partial charge on any atom is -0.325 e. The summed E-state index contributed by atoms with van der Waals surface area (Å²) in [6.45, 7) is 1.51. The molecular weight excluding hydrogens is 330 g/mol. The second-order valence-electron chi connectivity index (χ2n) is 6.13. The number of carbonyl (C=O) groups is 3. The van der Waals surface area contributed by atoms with Crippen LogP contribution in [-0.2, 0) is 9.59 Å². The van der Waals surface area contributed by atoms with Crippen LogP contribution in [0.15, 0.2) is 54.6 Å². The fourth-order valence-corrected chi connectivity index (χ4v) is 2.58. The Kier molecular flexibility index (Phi) is 4.72. The van der Waals surface area contributed by atoms with Crippen molar-refractivity contribution < 1.29 is 14.4 Å². The SMILES string of the molecule is CC1(CC(=O)Nc2ccccc2C#Cc2ccccc2)NC(=O)NC1=O. The molecule has 2 aromatic carbocycles. The molecule has 2 aromatic rings. The molecule has 0 aliphatic carbocycles. The molecule has 1 atom stereocenters. The summed E-state index contributed by atoms with van der Waals surface area (Å²) in [5, 5.41) is 7.37. The lowest BCUT2D eigenvalue weighted by Crippen LogP contribution is -2.46. The van der Waals surface area contributed by atoms with Gasteiger partial charge in [-0.25, -0.2) is 4.79 Å². The number of hydrogen-bond donors (Lipinski definition) is 3. The lowest BCUT2D eigenvalue weighted by atomic mass is 9.98. The number of carbonyl (C=O) groups excluding carboxylic acids is 3. The van der Waals surface area contributed by atoms with Gasteiger partial charge in [0, 0.05) is 11.1 Å². The van der Waals surface area contributed by atoms with Crippen molar-refractivity contribution in [2.75, 3.05) is 5.32 Å². The van der Waals surface area contributed by atoms with Crippen molar-refractivity contribution in [3.8, 4) is 11.8 Å². The average molecular weight is 347 g/mol. The molecule has 130 valence electrons. The average Bonchev–Trinajstić information content (AvgIpc) is 2.86. The lowest BCUT2D eigenvalue weighted by molar-refractivity contribution is -0.127. The highest BCUT2D eigenvalue weighted by Gasteiger charge is 2.43. The van der Waals surface area contributed by atoms with Crippen molar-refractivity contribution in [3.05, 3.63) is 65.7 Å². The molecule has 0 radical (unpaired) electrons. The zero-order valence-corrected chi connectivity index (χ0v) is 14.1. The van der Waals surface area contributed by atoms with E-state index in [1.165, 1.54) is 6.92 Å². The molecule has 26 heavy (non-hydrogen) atoms. The van der Waals surface area contributed by atoms with Crippen LogP contribution in [-0.4, -0.2) is 23.4 Å². The van der Waals surface area contributed by atoms with E-state index >= 15 is 0 Å². The number of anilines is 1. The van der Waals surface area contributed by atoms with Crippen molar-refractivity contribution in [2.45, 2.75) is 18.9 Å². The maximum absolute atomic E-state index is 12.4. The first kappa shape index (κ1) is 17.2. The minimum absolute atomic E-state index is 0.176. The fourth-order valence-electron chi connectivity index (χ4n) is 2.58. The van der Waals surface area contributed by atoms with Crippen molar-refractivity contribution in [3.63, 3.8) is 0 Å². The van der Waals surface area contributed by atoms with Crippen molar-refractivity contribution in [1.82, 2.24) is 10.6 Å². The second-order valence-corrected chi connectivity index (χ2v) is 6.13. The summed E-state index contributed by atoms with van der Waals surface area (Å²) in [7, 11) is 0. The van der Waals surface area contributed by atoms with Gasteiger partial charge in [0.15, 0.2) is 0 Å². The summed E-state index contributed by atoms with van der Waals surface area (Å²) in [6, 6.07) is 16.1. The molecule has 0 saturated carbocycles. The van der Waals surface area contributed by atoms with Gasteiger partial charge in [-0.05, 0) is 31.2 Å². The summed E-state index contributed by atoms with van der Waals surface area (Å²) in [4.78, 5) is 35.5. The summed E-state index contributed by atoms with van der Waals surface area (Å²) < 4.78 is 0. The number of amides is 4. The van der Waals surface area contributed by atoms with Crippen LogP contribution in [0.5, 0.6) is 0 Å². The van der Waals surface area contributed by atoms with E-state index in [0.717, 1.165) is 5.56 Å². The van der Waals surface area contributed by atoms with E-state index in [9.17, 15) is 14.4 Å². The van der Waals surface area contributed by atoms with Crippen LogP contribution < -0.4 is 16.0 Å². The Balaban J connectivity index is 1.75. The van der Waals surface area contributed by atoms with E-state index in [-0.39, 0.29) is 12.3 Å². The molecule has 1 fully saturated rings. The topological polar surface area (TPSA) is 87.3 Å². The molecule has 6 nitrogen and oxygen atoms in total. The molecule has 1 aliphatic rings. The largest absolute Gasteiger partial charge is 0.325 e.